The van der Waals surface area contributed by atoms with Gasteiger partial charge in [-0.05, 0) is 42.8 Å². The third-order valence-electron chi connectivity index (χ3n) is 4.21. The van der Waals surface area contributed by atoms with E-state index >= 15 is 0 Å². The van der Waals surface area contributed by atoms with Gasteiger partial charge in [-0.25, -0.2) is 4.98 Å². The van der Waals surface area contributed by atoms with Crippen molar-refractivity contribution in [3.05, 3.63) is 76.3 Å². The average Bonchev–Trinajstić information content (AvgIpc) is 2.70. The van der Waals surface area contributed by atoms with Gasteiger partial charge in [0.15, 0.2) is 0 Å². The molecule has 6 heteroatoms. The van der Waals surface area contributed by atoms with Crippen LogP contribution in [-0.4, -0.2) is 34.4 Å². The molecule has 0 saturated heterocycles. The molecule has 2 aromatic carbocycles. The summed E-state index contributed by atoms with van der Waals surface area (Å²) >= 11 is 0. The summed E-state index contributed by atoms with van der Waals surface area (Å²) in [4.78, 5) is 33.6. The number of ether oxygens (including phenoxy) is 1. The van der Waals surface area contributed by atoms with Gasteiger partial charge in [-0.15, -0.1) is 0 Å². The van der Waals surface area contributed by atoms with Gasteiger partial charge in [-0.1, -0.05) is 24.3 Å². The largest absolute Gasteiger partial charge is 0.497 e. The molecule has 0 unspecified atom stereocenters. The predicted molar refractivity (Wildman–Crippen MR) is 105 cm³/mol. The number of carbonyl (C=O) groups excluding carboxylic acids is 1. The summed E-state index contributed by atoms with van der Waals surface area (Å²) in [7, 11) is 1.60. The van der Waals surface area contributed by atoms with Gasteiger partial charge in [-0.3, -0.25) is 9.59 Å². The van der Waals surface area contributed by atoms with Crippen LogP contribution >= 0.6 is 0 Å². The lowest BCUT2D eigenvalue weighted by molar-refractivity contribution is -0.126. The smallest absolute Gasteiger partial charge is 0.258 e. The van der Waals surface area contributed by atoms with Crippen LogP contribution in [0.3, 0.4) is 0 Å². The Balaban J connectivity index is 1.77. The molecule has 27 heavy (non-hydrogen) atoms. The number of rotatable bonds is 6. The zero-order valence-electron chi connectivity index (χ0n) is 15.3. The van der Waals surface area contributed by atoms with Crippen molar-refractivity contribution in [1.82, 2.24) is 14.9 Å². The van der Waals surface area contributed by atoms with E-state index in [1.807, 2.05) is 37.3 Å². The molecular formula is C21H21N3O3. The summed E-state index contributed by atoms with van der Waals surface area (Å²) < 4.78 is 5.18. The molecule has 0 bridgehead atoms. The maximum absolute atomic E-state index is 12.5. The van der Waals surface area contributed by atoms with Crippen LogP contribution in [0.5, 0.6) is 5.75 Å². The van der Waals surface area contributed by atoms with Crippen LogP contribution in [0.25, 0.3) is 17.0 Å². The molecule has 3 aromatic rings. The monoisotopic (exact) mass is 363 g/mol. The van der Waals surface area contributed by atoms with Gasteiger partial charge in [0.25, 0.3) is 5.56 Å². The molecule has 0 spiro atoms. The number of fused-ring (bicyclic) bond motifs is 1. The van der Waals surface area contributed by atoms with Crippen molar-refractivity contribution in [2.45, 2.75) is 13.5 Å². The second kappa shape index (κ2) is 8.31. The normalized spacial score (nSPS) is 11.0. The van der Waals surface area contributed by atoms with Crippen LogP contribution in [-0.2, 0) is 11.3 Å². The van der Waals surface area contributed by atoms with Crippen LogP contribution in [0.4, 0.5) is 0 Å². The van der Waals surface area contributed by atoms with E-state index in [2.05, 4.69) is 9.97 Å². The number of hydrogen-bond acceptors (Lipinski definition) is 4. The minimum atomic E-state index is -0.203. The quantitative estimate of drug-likeness (QED) is 0.683. The highest BCUT2D eigenvalue weighted by Crippen LogP contribution is 2.14. The molecule has 0 aliphatic carbocycles. The third-order valence-corrected chi connectivity index (χ3v) is 4.21. The summed E-state index contributed by atoms with van der Waals surface area (Å²) in [6.45, 7) is 2.62. The molecule has 3 rings (SSSR count). The number of methoxy groups -OCH3 is 1. The van der Waals surface area contributed by atoms with E-state index in [0.717, 1.165) is 11.3 Å². The van der Waals surface area contributed by atoms with E-state index in [9.17, 15) is 9.59 Å². The Morgan fingerprint density at radius 3 is 2.81 bits per heavy atom. The van der Waals surface area contributed by atoms with Crippen LogP contribution in [0.2, 0.25) is 0 Å². The molecule has 0 aliphatic rings. The molecule has 0 radical (unpaired) electrons. The van der Waals surface area contributed by atoms with Crippen LogP contribution in [0.15, 0.2) is 59.4 Å². The fourth-order valence-electron chi connectivity index (χ4n) is 2.75. The first-order chi connectivity index (χ1) is 13.1. The fourth-order valence-corrected chi connectivity index (χ4v) is 2.75. The lowest BCUT2D eigenvalue weighted by Crippen LogP contribution is -2.30. The SMILES string of the molecule is CCN(Cc1nc2ccccc2c(=O)[nH]1)C(=O)C=Cc1cccc(OC)c1. The Labute approximate surface area is 157 Å². The number of benzene rings is 2. The molecule has 0 atom stereocenters. The van der Waals surface area contributed by atoms with E-state index < -0.39 is 0 Å². The molecule has 138 valence electrons. The number of amides is 1. The van der Waals surface area contributed by atoms with Crippen molar-refractivity contribution in [3.63, 3.8) is 0 Å². The number of nitrogens with zero attached hydrogens (tertiary/aromatic N) is 2. The Hall–Kier alpha value is -3.41. The Morgan fingerprint density at radius 1 is 1.22 bits per heavy atom. The maximum atomic E-state index is 12.5. The van der Waals surface area contributed by atoms with Gasteiger partial charge in [0.1, 0.15) is 11.6 Å². The molecule has 0 aliphatic heterocycles. The van der Waals surface area contributed by atoms with Crippen LogP contribution < -0.4 is 10.3 Å². The Morgan fingerprint density at radius 2 is 2.04 bits per heavy atom. The van der Waals surface area contributed by atoms with Gasteiger partial charge in [0, 0.05) is 12.6 Å². The number of hydrogen-bond donors (Lipinski definition) is 1. The van der Waals surface area contributed by atoms with Crippen molar-refractivity contribution in [1.29, 1.82) is 0 Å². The average molecular weight is 363 g/mol. The number of aromatic nitrogens is 2. The Kier molecular flexibility index (Phi) is 5.66. The van der Waals surface area contributed by atoms with Gasteiger partial charge in [0.2, 0.25) is 5.91 Å². The summed E-state index contributed by atoms with van der Waals surface area (Å²) in [6, 6.07) is 14.6. The molecular weight excluding hydrogens is 342 g/mol. The standard InChI is InChI=1S/C21H21N3O3/c1-3-24(20(25)12-11-15-7-6-8-16(13-15)27-2)14-19-22-18-10-5-4-9-17(18)21(26)23-19/h4-13H,3,14H2,1-2H3,(H,22,23,26). The van der Waals surface area contributed by atoms with Gasteiger partial charge in [-0.2, -0.15) is 0 Å². The highest BCUT2D eigenvalue weighted by Gasteiger charge is 2.12. The predicted octanol–water partition coefficient (Wildman–Crippen LogP) is 2.99. The highest BCUT2D eigenvalue weighted by molar-refractivity contribution is 5.91. The zero-order valence-corrected chi connectivity index (χ0v) is 15.3. The topological polar surface area (TPSA) is 75.3 Å². The van der Waals surface area contributed by atoms with E-state index in [0.29, 0.717) is 23.3 Å². The number of aromatic amines is 1. The first-order valence-corrected chi connectivity index (χ1v) is 8.69. The number of carbonyl (C=O) groups is 1. The van der Waals surface area contributed by atoms with Crippen LogP contribution in [0, 0.1) is 0 Å². The molecule has 0 fully saturated rings. The molecule has 1 aromatic heterocycles. The molecule has 6 nitrogen and oxygen atoms in total. The third kappa shape index (κ3) is 4.41. The molecule has 1 heterocycles. The summed E-state index contributed by atoms with van der Waals surface area (Å²) in [5.74, 6) is 1.04. The number of para-hydroxylation sites is 1. The molecule has 0 saturated carbocycles. The first-order valence-electron chi connectivity index (χ1n) is 8.69. The van der Waals surface area contributed by atoms with E-state index in [-0.39, 0.29) is 18.0 Å². The Bertz CT molecular complexity index is 1040. The zero-order chi connectivity index (χ0) is 19.2. The lowest BCUT2D eigenvalue weighted by atomic mass is 10.2. The molecule has 1 amide bonds. The van der Waals surface area contributed by atoms with Crippen molar-refractivity contribution < 1.29 is 9.53 Å². The van der Waals surface area contributed by atoms with Gasteiger partial charge < -0.3 is 14.6 Å². The number of H-pyrrole nitrogens is 1. The lowest BCUT2D eigenvalue weighted by Gasteiger charge is -2.18. The second-order valence-corrected chi connectivity index (χ2v) is 5.99. The summed E-state index contributed by atoms with van der Waals surface area (Å²) in [5.41, 5.74) is 1.29. The van der Waals surface area contributed by atoms with Crippen LogP contribution in [0.1, 0.15) is 18.3 Å². The van der Waals surface area contributed by atoms with E-state index in [1.54, 1.807) is 36.3 Å². The van der Waals surface area contributed by atoms with Crippen molar-refractivity contribution in [2.75, 3.05) is 13.7 Å². The summed E-state index contributed by atoms with van der Waals surface area (Å²) in [5, 5.41) is 0.536. The van der Waals surface area contributed by atoms with Crippen molar-refractivity contribution >= 4 is 22.9 Å². The number of nitrogens with one attached hydrogen (secondary N) is 1. The number of likely N-dealkylation sites (N-methyl/N-ethyl adjacent to an activating group) is 1. The van der Waals surface area contributed by atoms with Gasteiger partial charge in [0.05, 0.1) is 24.6 Å². The first kappa shape index (κ1) is 18.4. The summed E-state index contributed by atoms with van der Waals surface area (Å²) in [6.07, 6.45) is 3.25. The van der Waals surface area contributed by atoms with E-state index in [4.69, 9.17) is 4.74 Å². The van der Waals surface area contributed by atoms with E-state index in [1.165, 1.54) is 6.08 Å². The fraction of sp³-hybridized carbons (Fsp3) is 0.190. The van der Waals surface area contributed by atoms with Crippen molar-refractivity contribution in [2.24, 2.45) is 0 Å². The van der Waals surface area contributed by atoms with Gasteiger partial charge >= 0.3 is 0 Å². The maximum Gasteiger partial charge on any atom is 0.258 e. The second-order valence-electron chi connectivity index (χ2n) is 5.99. The minimum absolute atomic E-state index is 0.156. The minimum Gasteiger partial charge on any atom is -0.497 e. The highest BCUT2D eigenvalue weighted by atomic mass is 16.5. The molecule has 1 N–H and O–H groups in total. The van der Waals surface area contributed by atoms with Crippen molar-refractivity contribution in [3.8, 4) is 5.75 Å².